The average Bonchev–Trinajstić information content (AvgIpc) is 3.08. The van der Waals surface area contributed by atoms with Gasteiger partial charge in [-0.1, -0.05) is 82.2 Å². The molecule has 0 atom stereocenters. The van der Waals surface area contributed by atoms with Crippen LogP contribution in [-0.2, 0) is 38.3 Å². The third-order valence-electron chi connectivity index (χ3n) is 7.20. The van der Waals surface area contributed by atoms with Crippen LogP contribution in [0.5, 0.6) is 11.5 Å². The van der Waals surface area contributed by atoms with E-state index in [4.69, 9.17) is 19.7 Å². The number of phenols is 1. The summed E-state index contributed by atoms with van der Waals surface area (Å²) in [6, 6.07) is 18.1. The Morgan fingerprint density at radius 2 is 1.41 bits per heavy atom. The zero-order valence-corrected chi connectivity index (χ0v) is 26.7. The van der Waals surface area contributed by atoms with Crippen LogP contribution in [0.15, 0.2) is 85.0 Å². The second kappa shape index (κ2) is 20.5. The molecular formula is C37H45FO8. The summed E-state index contributed by atoms with van der Waals surface area (Å²) in [4.78, 5) is 21.8. The van der Waals surface area contributed by atoms with Crippen molar-refractivity contribution in [2.45, 2.75) is 58.3 Å². The van der Waals surface area contributed by atoms with Crippen molar-refractivity contribution < 1.29 is 43.5 Å². The summed E-state index contributed by atoms with van der Waals surface area (Å²) in [5.41, 5.74) is 4.29. The lowest BCUT2D eigenvalue weighted by Crippen LogP contribution is -2.13. The molecule has 0 heterocycles. The topological polar surface area (TPSA) is 123 Å². The maximum absolute atomic E-state index is 15.8. The molecule has 0 unspecified atom stereocenters. The van der Waals surface area contributed by atoms with Crippen molar-refractivity contribution in [2.24, 2.45) is 0 Å². The maximum Gasteiger partial charge on any atom is 0.338 e. The molecule has 0 aliphatic rings. The van der Waals surface area contributed by atoms with Crippen LogP contribution in [0.4, 0.5) is 4.39 Å². The Morgan fingerprint density at radius 1 is 0.783 bits per heavy atom. The quantitative estimate of drug-likeness (QED) is 0.0653. The van der Waals surface area contributed by atoms with E-state index in [1.54, 1.807) is 24.3 Å². The van der Waals surface area contributed by atoms with Crippen molar-refractivity contribution in [1.29, 1.82) is 0 Å². The highest BCUT2D eigenvalue weighted by Crippen LogP contribution is 2.31. The Hall–Kier alpha value is -4.47. The minimum Gasteiger partial charge on any atom is -0.508 e. The second-order valence-electron chi connectivity index (χ2n) is 10.6. The van der Waals surface area contributed by atoms with Gasteiger partial charge in [-0.15, -0.1) is 0 Å². The third kappa shape index (κ3) is 12.5. The van der Waals surface area contributed by atoms with Gasteiger partial charge >= 0.3 is 11.9 Å². The highest BCUT2D eigenvalue weighted by molar-refractivity contribution is 5.88. The molecule has 0 saturated heterocycles. The molecule has 8 nitrogen and oxygen atoms in total. The Balaban J connectivity index is 0.000000812. The lowest BCUT2D eigenvalue weighted by Gasteiger charge is -2.15. The number of aliphatic hydroxyl groups excluding tert-OH is 2. The van der Waals surface area contributed by atoms with E-state index >= 15 is 4.39 Å². The number of aryl methyl sites for hydroxylation is 2. The Kier molecular flexibility index (Phi) is 16.8. The SMILES string of the molecule is C=C(CO)C(=O)OC.C=C(CO)C(=O)OCOc1ccc(CCc2ccc(-c3ccc(O)cc3)c(CCCCCCC)c2F)cc1. The van der Waals surface area contributed by atoms with Gasteiger partial charge < -0.3 is 29.5 Å². The molecule has 0 aromatic heterocycles. The molecule has 0 fully saturated rings. The van der Waals surface area contributed by atoms with E-state index in [9.17, 15) is 14.7 Å². The zero-order valence-electron chi connectivity index (χ0n) is 26.7. The molecule has 9 heteroatoms. The Bertz CT molecular complexity index is 1400. The van der Waals surface area contributed by atoms with Gasteiger partial charge in [-0.05, 0) is 77.8 Å². The molecule has 0 aliphatic heterocycles. The molecule has 46 heavy (non-hydrogen) atoms. The van der Waals surface area contributed by atoms with Gasteiger partial charge in [0.2, 0.25) is 6.79 Å². The lowest BCUT2D eigenvalue weighted by molar-refractivity contribution is -0.145. The van der Waals surface area contributed by atoms with Crippen LogP contribution in [0.25, 0.3) is 11.1 Å². The van der Waals surface area contributed by atoms with E-state index in [-0.39, 0.29) is 36.1 Å². The fraction of sp³-hybridized carbons (Fsp3) is 0.351. The first-order chi connectivity index (χ1) is 22.1. The van der Waals surface area contributed by atoms with Crippen LogP contribution < -0.4 is 4.74 Å². The first kappa shape index (κ1) is 37.7. The summed E-state index contributed by atoms with van der Waals surface area (Å²) in [6.45, 7) is 7.72. The monoisotopic (exact) mass is 636 g/mol. The summed E-state index contributed by atoms with van der Waals surface area (Å²) in [6.07, 6.45) is 7.45. The molecule has 0 spiro atoms. The number of unbranched alkanes of at least 4 members (excludes halogenated alkanes) is 4. The number of ether oxygens (including phenoxy) is 3. The van der Waals surface area contributed by atoms with E-state index in [0.717, 1.165) is 41.5 Å². The Morgan fingerprint density at radius 3 is 2.00 bits per heavy atom. The van der Waals surface area contributed by atoms with Crippen LogP contribution in [0, 0.1) is 5.82 Å². The van der Waals surface area contributed by atoms with Gasteiger partial charge in [0.15, 0.2) is 0 Å². The predicted octanol–water partition coefficient (Wildman–Crippen LogP) is 6.63. The molecular weight excluding hydrogens is 591 g/mol. The number of aliphatic hydroxyl groups is 2. The average molecular weight is 637 g/mol. The third-order valence-corrected chi connectivity index (χ3v) is 7.20. The molecule has 0 amide bonds. The number of benzene rings is 3. The minimum absolute atomic E-state index is 0.0353. The first-order valence-corrected chi connectivity index (χ1v) is 15.3. The maximum atomic E-state index is 15.8. The van der Waals surface area contributed by atoms with Gasteiger partial charge in [-0.3, -0.25) is 0 Å². The van der Waals surface area contributed by atoms with Crippen molar-refractivity contribution in [1.82, 2.24) is 0 Å². The van der Waals surface area contributed by atoms with Gasteiger partial charge in [0.25, 0.3) is 0 Å². The number of hydrogen-bond acceptors (Lipinski definition) is 8. The summed E-state index contributed by atoms with van der Waals surface area (Å²) in [5.74, 6) is -0.685. The zero-order chi connectivity index (χ0) is 33.9. The van der Waals surface area contributed by atoms with Crippen LogP contribution in [0.3, 0.4) is 0 Å². The number of hydrogen-bond donors (Lipinski definition) is 3. The minimum atomic E-state index is -0.706. The van der Waals surface area contributed by atoms with E-state index < -0.39 is 18.5 Å². The van der Waals surface area contributed by atoms with Gasteiger partial charge in [-0.2, -0.15) is 0 Å². The molecule has 3 aromatic carbocycles. The fourth-order valence-corrected chi connectivity index (χ4v) is 4.48. The number of carbonyl (C=O) groups excluding carboxylic acids is 2. The fourth-order valence-electron chi connectivity index (χ4n) is 4.48. The largest absolute Gasteiger partial charge is 0.508 e. The van der Waals surface area contributed by atoms with Crippen molar-refractivity contribution >= 4 is 11.9 Å². The standard InChI is InChI=1S/C32H37FO5.C5H8O3/c1-3-4-5-6-7-8-30-29(25-13-16-27(35)17-14-25)20-15-26(31(30)33)12-9-24-10-18-28(19-11-24)37-22-38-32(36)23(2)21-34;1-4(3-6)5(7)8-2/h10-11,13-20,34-35H,2-9,12,21-22H2,1H3;6H,1,3H2,2H3. The van der Waals surface area contributed by atoms with Crippen LogP contribution >= 0.6 is 0 Å². The van der Waals surface area contributed by atoms with E-state index in [1.807, 2.05) is 36.4 Å². The number of aromatic hydroxyl groups is 1. The van der Waals surface area contributed by atoms with Crippen LogP contribution in [-0.4, -0.2) is 54.4 Å². The van der Waals surface area contributed by atoms with Gasteiger partial charge in [0.05, 0.1) is 31.5 Å². The molecule has 0 saturated carbocycles. The first-order valence-electron chi connectivity index (χ1n) is 15.3. The van der Waals surface area contributed by atoms with Gasteiger partial charge in [0, 0.05) is 0 Å². The highest BCUT2D eigenvalue weighted by atomic mass is 19.1. The second-order valence-corrected chi connectivity index (χ2v) is 10.6. The van der Waals surface area contributed by atoms with E-state index in [2.05, 4.69) is 24.8 Å². The molecule has 3 aromatic rings. The number of methoxy groups -OCH3 is 1. The molecule has 3 N–H and O–H groups in total. The molecule has 3 rings (SSSR count). The number of carbonyl (C=O) groups is 2. The van der Waals surface area contributed by atoms with Crippen LogP contribution in [0.1, 0.15) is 55.7 Å². The van der Waals surface area contributed by atoms with Crippen LogP contribution in [0.2, 0.25) is 0 Å². The number of halogens is 1. The summed E-state index contributed by atoms with van der Waals surface area (Å²) < 4.78 is 30.3. The lowest BCUT2D eigenvalue weighted by atomic mass is 9.91. The van der Waals surface area contributed by atoms with Crippen molar-refractivity contribution in [2.75, 3.05) is 27.1 Å². The summed E-state index contributed by atoms with van der Waals surface area (Å²) >= 11 is 0. The normalized spacial score (nSPS) is 10.4. The smallest absolute Gasteiger partial charge is 0.338 e. The van der Waals surface area contributed by atoms with Gasteiger partial charge in [0.1, 0.15) is 17.3 Å². The molecule has 248 valence electrons. The molecule has 0 bridgehead atoms. The van der Waals surface area contributed by atoms with E-state index in [0.29, 0.717) is 30.6 Å². The Labute approximate surface area is 270 Å². The molecule has 0 radical (unpaired) electrons. The predicted molar refractivity (Wildman–Crippen MR) is 176 cm³/mol. The number of esters is 2. The van der Waals surface area contributed by atoms with Gasteiger partial charge in [-0.25, -0.2) is 14.0 Å². The number of phenolic OH excluding ortho intramolecular Hbond substituents is 1. The van der Waals surface area contributed by atoms with Crippen molar-refractivity contribution in [3.8, 4) is 22.6 Å². The van der Waals surface area contributed by atoms with Crippen molar-refractivity contribution in [3.63, 3.8) is 0 Å². The summed E-state index contributed by atoms with van der Waals surface area (Å²) in [7, 11) is 1.24. The van der Waals surface area contributed by atoms with E-state index in [1.165, 1.54) is 20.0 Å². The highest BCUT2D eigenvalue weighted by Gasteiger charge is 2.15. The number of rotatable bonds is 17. The summed E-state index contributed by atoms with van der Waals surface area (Å²) in [5, 5.41) is 26.8. The molecule has 0 aliphatic carbocycles. The van der Waals surface area contributed by atoms with Crippen molar-refractivity contribution in [3.05, 3.63) is 107 Å².